The smallest absolute Gasteiger partial charge is 0.354 e. The van der Waals surface area contributed by atoms with Gasteiger partial charge in [-0.25, -0.2) is 4.79 Å². The lowest BCUT2D eigenvalue weighted by molar-refractivity contribution is -0.136. The van der Waals surface area contributed by atoms with E-state index in [1.54, 1.807) is 24.3 Å². The number of carbonyl (C=O) groups excluding carboxylic acids is 3. The number of anilines is 1. The molecule has 0 unspecified atom stereocenters. The molecule has 0 bridgehead atoms. The normalized spacial score (nSPS) is 17.0. The van der Waals surface area contributed by atoms with E-state index in [1.807, 2.05) is 6.07 Å². The average molecular weight is 304 g/mol. The van der Waals surface area contributed by atoms with Gasteiger partial charge in [0, 0.05) is 6.42 Å². The quantitative estimate of drug-likeness (QED) is 0.686. The van der Waals surface area contributed by atoms with Crippen molar-refractivity contribution in [2.45, 2.75) is 18.9 Å². The topological polar surface area (TPSA) is 128 Å². The van der Waals surface area contributed by atoms with Crippen LogP contribution in [0.3, 0.4) is 0 Å². The molecule has 0 spiro atoms. The van der Waals surface area contributed by atoms with E-state index < -0.39 is 23.8 Å². The number of primary amides is 2. The standard InChI is InChI=1S/C14H16N4O4/c15-12(19)6-7-22-14(21)10-8-11(13(16)20)18(17-10)9-4-2-1-3-5-9/h1-5,11H,6-8H2,(H2,15,19)(H2,16,20)/t11-/m0/s1. The van der Waals surface area contributed by atoms with Crippen LogP contribution in [-0.2, 0) is 19.1 Å². The predicted molar refractivity (Wildman–Crippen MR) is 78.7 cm³/mol. The summed E-state index contributed by atoms with van der Waals surface area (Å²) in [5.41, 5.74) is 11.0. The summed E-state index contributed by atoms with van der Waals surface area (Å²) in [4.78, 5) is 34.1. The van der Waals surface area contributed by atoms with Gasteiger partial charge in [0.1, 0.15) is 18.4 Å². The van der Waals surface area contributed by atoms with Gasteiger partial charge in [0.2, 0.25) is 11.8 Å². The molecule has 0 saturated carbocycles. The van der Waals surface area contributed by atoms with Crippen LogP contribution in [0.5, 0.6) is 0 Å². The van der Waals surface area contributed by atoms with Crippen LogP contribution in [0, 0.1) is 0 Å². The molecule has 2 amide bonds. The summed E-state index contributed by atoms with van der Waals surface area (Å²) in [6.07, 6.45) is -0.0136. The van der Waals surface area contributed by atoms with Crippen molar-refractivity contribution in [3.8, 4) is 0 Å². The number of amides is 2. The Balaban J connectivity index is 2.11. The zero-order valence-electron chi connectivity index (χ0n) is 11.8. The third-order valence-corrected chi connectivity index (χ3v) is 3.08. The fourth-order valence-corrected chi connectivity index (χ4v) is 2.00. The van der Waals surface area contributed by atoms with Gasteiger partial charge in [0.15, 0.2) is 0 Å². The fraction of sp³-hybridized carbons (Fsp3) is 0.286. The maximum absolute atomic E-state index is 11.9. The third kappa shape index (κ3) is 3.60. The van der Waals surface area contributed by atoms with Crippen molar-refractivity contribution in [1.82, 2.24) is 0 Å². The predicted octanol–water partition coefficient (Wildman–Crippen LogP) is -0.475. The van der Waals surface area contributed by atoms with Crippen molar-refractivity contribution >= 4 is 29.2 Å². The summed E-state index contributed by atoms with van der Waals surface area (Å²) in [6.45, 7) is -0.125. The van der Waals surface area contributed by atoms with E-state index in [4.69, 9.17) is 16.2 Å². The van der Waals surface area contributed by atoms with E-state index in [0.29, 0.717) is 5.69 Å². The molecular weight excluding hydrogens is 288 g/mol. The number of hydrogen-bond donors (Lipinski definition) is 2. The Morgan fingerprint density at radius 3 is 2.50 bits per heavy atom. The van der Waals surface area contributed by atoms with Crippen molar-refractivity contribution in [3.63, 3.8) is 0 Å². The van der Waals surface area contributed by atoms with Crippen molar-refractivity contribution in [1.29, 1.82) is 0 Å². The Kier molecular flexibility index (Phi) is 4.72. The van der Waals surface area contributed by atoms with Crippen LogP contribution in [0.25, 0.3) is 0 Å². The number of nitrogens with zero attached hydrogens (tertiary/aromatic N) is 2. The molecule has 1 aliphatic rings. The van der Waals surface area contributed by atoms with Gasteiger partial charge < -0.3 is 16.2 Å². The molecule has 1 aliphatic heterocycles. The fourth-order valence-electron chi connectivity index (χ4n) is 2.00. The van der Waals surface area contributed by atoms with Crippen molar-refractivity contribution < 1.29 is 19.1 Å². The first kappa shape index (κ1) is 15.5. The molecule has 0 saturated heterocycles. The zero-order valence-corrected chi connectivity index (χ0v) is 11.8. The minimum Gasteiger partial charge on any atom is -0.461 e. The van der Waals surface area contributed by atoms with Crippen molar-refractivity contribution in [3.05, 3.63) is 30.3 Å². The number of hydrazone groups is 1. The highest BCUT2D eigenvalue weighted by molar-refractivity contribution is 6.38. The van der Waals surface area contributed by atoms with E-state index in [1.165, 1.54) is 5.01 Å². The highest BCUT2D eigenvalue weighted by Gasteiger charge is 2.35. The number of rotatable bonds is 6. The number of esters is 1. The molecule has 8 nitrogen and oxygen atoms in total. The Labute approximate surface area is 126 Å². The molecule has 0 aromatic heterocycles. The van der Waals surface area contributed by atoms with Crippen LogP contribution in [0.1, 0.15) is 12.8 Å². The summed E-state index contributed by atoms with van der Waals surface area (Å²) >= 11 is 0. The molecule has 1 atom stereocenters. The summed E-state index contributed by atoms with van der Waals surface area (Å²) in [6, 6.07) is 8.14. The summed E-state index contributed by atoms with van der Waals surface area (Å²) in [7, 11) is 0. The van der Waals surface area contributed by atoms with Gasteiger partial charge in [0.05, 0.1) is 12.1 Å². The number of nitrogens with two attached hydrogens (primary N) is 2. The SMILES string of the molecule is NC(=O)CCOC(=O)C1=NN(c2ccccc2)[C@H](C(N)=O)C1. The second kappa shape index (κ2) is 6.70. The molecular formula is C14H16N4O4. The Morgan fingerprint density at radius 1 is 1.23 bits per heavy atom. The Morgan fingerprint density at radius 2 is 1.91 bits per heavy atom. The van der Waals surface area contributed by atoms with Gasteiger partial charge in [-0.2, -0.15) is 5.10 Å². The van der Waals surface area contributed by atoms with Crippen LogP contribution >= 0.6 is 0 Å². The average Bonchev–Trinajstić information content (AvgIpc) is 2.93. The molecule has 0 radical (unpaired) electrons. The summed E-state index contributed by atoms with van der Waals surface area (Å²) in [5, 5.41) is 5.51. The van der Waals surface area contributed by atoms with E-state index in [9.17, 15) is 14.4 Å². The van der Waals surface area contributed by atoms with Crippen LogP contribution in [0.15, 0.2) is 35.4 Å². The second-order valence-corrected chi connectivity index (χ2v) is 4.70. The maximum Gasteiger partial charge on any atom is 0.354 e. The zero-order chi connectivity index (χ0) is 16.1. The van der Waals surface area contributed by atoms with Gasteiger partial charge in [-0.1, -0.05) is 18.2 Å². The highest BCUT2D eigenvalue weighted by atomic mass is 16.5. The first-order valence-electron chi connectivity index (χ1n) is 6.65. The number of benzene rings is 1. The molecule has 116 valence electrons. The second-order valence-electron chi connectivity index (χ2n) is 4.70. The largest absolute Gasteiger partial charge is 0.461 e. The molecule has 22 heavy (non-hydrogen) atoms. The van der Waals surface area contributed by atoms with Crippen LogP contribution < -0.4 is 16.5 Å². The van der Waals surface area contributed by atoms with Gasteiger partial charge in [0.25, 0.3) is 0 Å². The molecule has 8 heteroatoms. The first-order valence-corrected chi connectivity index (χ1v) is 6.65. The minimum absolute atomic E-state index is 0.0552. The van der Waals surface area contributed by atoms with Gasteiger partial charge in [-0.05, 0) is 12.1 Å². The molecule has 1 heterocycles. The molecule has 0 aliphatic carbocycles. The Hall–Kier alpha value is -2.90. The van der Waals surface area contributed by atoms with E-state index >= 15 is 0 Å². The van der Waals surface area contributed by atoms with Gasteiger partial charge >= 0.3 is 5.97 Å². The van der Waals surface area contributed by atoms with Crippen LogP contribution in [0.2, 0.25) is 0 Å². The van der Waals surface area contributed by atoms with E-state index in [0.717, 1.165) is 0 Å². The van der Waals surface area contributed by atoms with E-state index in [2.05, 4.69) is 5.10 Å². The molecule has 4 N–H and O–H groups in total. The number of ether oxygens (including phenoxy) is 1. The minimum atomic E-state index is -0.749. The molecule has 1 aromatic carbocycles. The number of hydrogen-bond acceptors (Lipinski definition) is 6. The first-order chi connectivity index (χ1) is 10.5. The maximum atomic E-state index is 11.9. The van der Waals surface area contributed by atoms with Crippen LogP contribution in [0.4, 0.5) is 5.69 Å². The third-order valence-electron chi connectivity index (χ3n) is 3.08. The summed E-state index contributed by atoms with van der Waals surface area (Å²) in [5.74, 6) is -1.85. The molecule has 0 fully saturated rings. The van der Waals surface area contributed by atoms with Crippen molar-refractivity contribution in [2.75, 3.05) is 11.6 Å². The monoisotopic (exact) mass is 304 g/mol. The Bertz CT molecular complexity index is 615. The highest BCUT2D eigenvalue weighted by Crippen LogP contribution is 2.24. The van der Waals surface area contributed by atoms with Gasteiger partial charge in [-0.3, -0.25) is 14.6 Å². The summed E-state index contributed by atoms with van der Waals surface area (Å²) < 4.78 is 4.90. The molecule has 1 aromatic rings. The van der Waals surface area contributed by atoms with Gasteiger partial charge in [-0.15, -0.1) is 0 Å². The van der Waals surface area contributed by atoms with E-state index in [-0.39, 0.29) is 25.2 Å². The lowest BCUT2D eigenvalue weighted by Gasteiger charge is -2.20. The molecule has 2 rings (SSSR count). The number of carbonyl (C=O) groups is 3. The van der Waals surface area contributed by atoms with Crippen LogP contribution in [-0.4, -0.2) is 36.1 Å². The van der Waals surface area contributed by atoms with Crippen molar-refractivity contribution in [2.24, 2.45) is 16.6 Å². The lowest BCUT2D eigenvalue weighted by Crippen LogP contribution is -2.39. The number of para-hydroxylation sites is 1. The lowest BCUT2D eigenvalue weighted by atomic mass is 10.1.